The van der Waals surface area contributed by atoms with Gasteiger partial charge in [0.05, 0.1) is 0 Å². The minimum Gasteiger partial charge on any atom is -0.480 e. The van der Waals surface area contributed by atoms with E-state index < -0.39 is 12.0 Å². The molecule has 0 saturated heterocycles. The Morgan fingerprint density at radius 1 is 1.41 bits per heavy atom. The maximum absolute atomic E-state index is 10.8. The van der Waals surface area contributed by atoms with Crippen LogP contribution in [0.15, 0.2) is 23.1 Å². The van der Waals surface area contributed by atoms with Gasteiger partial charge in [-0.3, -0.25) is 4.79 Å². The van der Waals surface area contributed by atoms with Crippen molar-refractivity contribution in [3.63, 3.8) is 0 Å². The summed E-state index contributed by atoms with van der Waals surface area (Å²) in [5, 5.41) is 11.7. The molecule has 0 fully saturated rings. The summed E-state index contributed by atoms with van der Waals surface area (Å²) < 4.78 is 0. The zero-order chi connectivity index (χ0) is 12.8. The number of carbonyl (C=O) groups is 1. The molecule has 1 atom stereocenters. The van der Waals surface area contributed by atoms with E-state index in [0.717, 1.165) is 5.75 Å². The van der Waals surface area contributed by atoms with Gasteiger partial charge in [-0.15, -0.1) is 11.8 Å². The molecular formula is C13H19NO2S. The van der Waals surface area contributed by atoms with Gasteiger partial charge >= 0.3 is 5.97 Å². The summed E-state index contributed by atoms with van der Waals surface area (Å²) in [6.07, 6.45) is 0.628. The predicted octanol–water partition coefficient (Wildman–Crippen LogP) is 2.46. The number of rotatable bonds is 6. The van der Waals surface area contributed by atoms with Gasteiger partial charge in [-0.2, -0.15) is 0 Å². The SMILES string of the molecule is CNC(CCSc1ccc(C)c(C)c1)C(=O)O. The number of hydrogen-bond acceptors (Lipinski definition) is 3. The first-order chi connectivity index (χ1) is 8.04. The Bertz CT molecular complexity index is 393. The van der Waals surface area contributed by atoms with E-state index >= 15 is 0 Å². The smallest absolute Gasteiger partial charge is 0.320 e. The van der Waals surface area contributed by atoms with Crippen LogP contribution in [0.1, 0.15) is 17.5 Å². The molecule has 4 heteroatoms. The molecule has 1 rings (SSSR count). The molecule has 94 valence electrons. The van der Waals surface area contributed by atoms with Crippen LogP contribution in [0.4, 0.5) is 0 Å². The minimum atomic E-state index is -0.784. The molecule has 0 aromatic heterocycles. The van der Waals surface area contributed by atoms with Gasteiger partial charge in [0.25, 0.3) is 0 Å². The van der Waals surface area contributed by atoms with Crippen LogP contribution in [0.5, 0.6) is 0 Å². The molecule has 0 saturated carbocycles. The Kier molecular flexibility index (Phi) is 5.51. The molecule has 0 bridgehead atoms. The van der Waals surface area contributed by atoms with Crippen LogP contribution in [0.25, 0.3) is 0 Å². The molecule has 3 nitrogen and oxygen atoms in total. The van der Waals surface area contributed by atoms with Crippen LogP contribution in [0.3, 0.4) is 0 Å². The number of benzene rings is 1. The molecule has 1 aromatic rings. The van der Waals surface area contributed by atoms with Gasteiger partial charge < -0.3 is 10.4 Å². The molecule has 1 aromatic carbocycles. The van der Waals surface area contributed by atoms with Crippen LogP contribution < -0.4 is 5.32 Å². The van der Waals surface area contributed by atoms with Gasteiger partial charge in [-0.1, -0.05) is 6.07 Å². The second-order valence-corrected chi connectivity index (χ2v) is 5.23. The van der Waals surface area contributed by atoms with Crippen LogP contribution in [-0.4, -0.2) is 29.9 Å². The average Bonchev–Trinajstić information content (AvgIpc) is 2.28. The summed E-state index contributed by atoms with van der Waals surface area (Å²) in [5.41, 5.74) is 2.56. The van der Waals surface area contributed by atoms with E-state index in [1.807, 2.05) is 0 Å². The van der Waals surface area contributed by atoms with Gasteiger partial charge in [-0.25, -0.2) is 0 Å². The highest BCUT2D eigenvalue weighted by Crippen LogP contribution is 2.22. The van der Waals surface area contributed by atoms with Crippen molar-refractivity contribution in [1.29, 1.82) is 0 Å². The third-order valence-electron chi connectivity index (χ3n) is 2.80. The maximum Gasteiger partial charge on any atom is 0.320 e. The molecule has 0 amide bonds. The van der Waals surface area contributed by atoms with Gasteiger partial charge in [0.1, 0.15) is 6.04 Å². The second kappa shape index (κ2) is 6.67. The molecule has 0 spiro atoms. The van der Waals surface area contributed by atoms with E-state index in [1.165, 1.54) is 16.0 Å². The predicted molar refractivity (Wildman–Crippen MR) is 71.7 cm³/mol. The Hall–Kier alpha value is -1.00. The highest BCUT2D eigenvalue weighted by Gasteiger charge is 2.13. The second-order valence-electron chi connectivity index (χ2n) is 4.06. The van der Waals surface area contributed by atoms with Crippen molar-refractivity contribution in [1.82, 2.24) is 5.32 Å². The maximum atomic E-state index is 10.8. The molecule has 0 heterocycles. The van der Waals surface area contributed by atoms with Gasteiger partial charge in [0.2, 0.25) is 0 Å². The van der Waals surface area contributed by atoms with E-state index in [1.54, 1.807) is 18.8 Å². The van der Waals surface area contributed by atoms with E-state index in [4.69, 9.17) is 5.11 Å². The number of carboxylic acid groups (broad SMARTS) is 1. The highest BCUT2D eigenvalue weighted by molar-refractivity contribution is 7.99. The number of carboxylic acids is 1. The zero-order valence-corrected chi connectivity index (χ0v) is 11.3. The molecule has 0 aliphatic heterocycles. The number of aliphatic carboxylic acids is 1. The van der Waals surface area contributed by atoms with Crippen molar-refractivity contribution in [2.24, 2.45) is 0 Å². The van der Waals surface area contributed by atoms with Gasteiger partial charge in [0, 0.05) is 10.6 Å². The Balaban J connectivity index is 2.45. The first-order valence-corrected chi connectivity index (χ1v) is 6.63. The lowest BCUT2D eigenvalue weighted by Gasteiger charge is -2.10. The van der Waals surface area contributed by atoms with Crippen molar-refractivity contribution in [2.45, 2.75) is 31.2 Å². The number of hydrogen-bond donors (Lipinski definition) is 2. The first kappa shape index (κ1) is 14.1. The molecule has 17 heavy (non-hydrogen) atoms. The summed E-state index contributed by atoms with van der Waals surface area (Å²) in [4.78, 5) is 12.0. The zero-order valence-electron chi connectivity index (χ0n) is 10.5. The fourth-order valence-corrected chi connectivity index (χ4v) is 2.50. The van der Waals surface area contributed by atoms with Gasteiger partial charge in [0.15, 0.2) is 0 Å². The third kappa shape index (κ3) is 4.40. The normalized spacial score (nSPS) is 12.4. The van der Waals surface area contributed by atoms with E-state index in [9.17, 15) is 4.79 Å². The quantitative estimate of drug-likeness (QED) is 0.765. The molecule has 0 aliphatic rings. The minimum absolute atomic E-state index is 0.450. The third-order valence-corrected chi connectivity index (χ3v) is 3.83. The summed E-state index contributed by atoms with van der Waals surface area (Å²) in [7, 11) is 1.68. The highest BCUT2D eigenvalue weighted by atomic mass is 32.2. The molecule has 2 N–H and O–H groups in total. The first-order valence-electron chi connectivity index (χ1n) is 5.64. The Morgan fingerprint density at radius 2 is 2.12 bits per heavy atom. The molecular weight excluding hydrogens is 234 g/mol. The van der Waals surface area contributed by atoms with Crippen molar-refractivity contribution in [2.75, 3.05) is 12.8 Å². The lowest BCUT2D eigenvalue weighted by molar-refractivity contribution is -0.139. The monoisotopic (exact) mass is 253 g/mol. The number of likely N-dealkylation sites (N-methyl/N-ethyl adjacent to an activating group) is 1. The van der Waals surface area contributed by atoms with E-state index in [2.05, 4.69) is 37.4 Å². The molecule has 0 radical (unpaired) electrons. The summed E-state index contributed by atoms with van der Waals surface area (Å²) >= 11 is 1.70. The number of aryl methyl sites for hydroxylation is 2. The average molecular weight is 253 g/mol. The number of thioether (sulfide) groups is 1. The van der Waals surface area contributed by atoms with E-state index in [0.29, 0.717) is 6.42 Å². The van der Waals surface area contributed by atoms with Gasteiger partial charge in [-0.05, 0) is 50.6 Å². The summed E-state index contributed by atoms with van der Waals surface area (Å²) in [6.45, 7) is 4.18. The van der Waals surface area contributed by atoms with Crippen molar-refractivity contribution < 1.29 is 9.90 Å². The standard InChI is InChI=1S/C13H19NO2S/c1-9-4-5-11(8-10(9)2)17-7-6-12(14-3)13(15)16/h4-5,8,12,14H,6-7H2,1-3H3,(H,15,16). The fraction of sp³-hybridized carbons (Fsp3) is 0.462. The fourth-order valence-electron chi connectivity index (χ4n) is 1.49. The van der Waals surface area contributed by atoms with Crippen LogP contribution in [0.2, 0.25) is 0 Å². The van der Waals surface area contributed by atoms with Crippen molar-refractivity contribution in [3.05, 3.63) is 29.3 Å². The lowest BCUT2D eigenvalue weighted by atomic mass is 10.1. The van der Waals surface area contributed by atoms with Crippen LogP contribution in [-0.2, 0) is 4.79 Å². The van der Waals surface area contributed by atoms with Crippen LogP contribution in [0, 0.1) is 13.8 Å². The van der Waals surface area contributed by atoms with E-state index in [-0.39, 0.29) is 0 Å². The molecule has 0 aliphatic carbocycles. The van der Waals surface area contributed by atoms with Crippen molar-refractivity contribution in [3.8, 4) is 0 Å². The lowest BCUT2D eigenvalue weighted by Crippen LogP contribution is -2.34. The largest absolute Gasteiger partial charge is 0.480 e. The topological polar surface area (TPSA) is 49.3 Å². The Morgan fingerprint density at radius 3 is 2.65 bits per heavy atom. The Labute approximate surface area is 107 Å². The summed E-state index contributed by atoms with van der Waals surface area (Å²) in [6, 6.07) is 5.89. The van der Waals surface area contributed by atoms with Crippen LogP contribution >= 0.6 is 11.8 Å². The molecule has 1 unspecified atom stereocenters. The number of nitrogens with one attached hydrogen (secondary N) is 1. The summed E-state index contributed by atoms with van der Waals surface area (Å²) in [5.74, 6) is 0.0218. The van der Waals surface area contributed by atoms with Crippen molar-refractivity contribution >= 4 is 17.7 Å².